The third kappa shape index (κ3) is 2.00. The van der Waals surface area contributed by atoms with Gasteiger partial charge in [0.2, 0.25) is 6.54 Å². The number of benzene rings is 1. The molecule has 0 bridgehead atoms. The molecule has 0 amide bonds. The van der Waals surface area contributed by atoms with Crippen LogP contribution in [0.25, 0.3) is 4.85 Å². The van der Waals surface area contributed by atoms with Crippen molar-refractivity contribution in [2.75, 3.05) is 6.54 Å². The molecule has 0 aliphatic rings. The molecule has 13 heavy (non-hydrogen) atoms. The van der Waals surface area contributed by atoms with Gasteiger partial charge < -0.3 is 9.95 Å². The molecule has 0 aliphatic heterocycles. The highest BCUT2D eigenvalue weighted by Crippen LogP contribution is 2.30. The summed E-state index contributed by atoms with van der Waals surface area (Å²) >= 11 is 0. The molecule has 0 heterocycles. The van der Waals surface area contributed by atoms with Gasteiger partial charge in [-0.2, -0.15) is 0 Å². The first-order chi connectivity index (χ1) is 6.08. The molecular weight excluding hydrogens is 162 g/mol. The Kier molecular flexibility index (Phi) is 2.57. The van der Waals surface area contributed by atoms with Crippen LogP contribution in [0.3, 0.4) is 0 Å². The van der Waals surface area contributed by atoms with E-state index in [1.54, 1.807) is 12.1 Å². The van der Waals surface area contributed by atoms with Crippen molar-refractivity contribution in [2.45, 2.75) is 19.3 Å². The predicted molar refractivity (Wildman–Crippen MR) is 52.6 cm³/mol. The highest BCUT2D eigenvalue weighted by atomic mass is 16.3. The number of phenolic OH excluding ortho intramolecular Hbond substituents is 1. The summed E-state index contributed by atoms with van der Waals surface area (Å²) in [6, 6.07) is 7.18. The molecule has 1 aromatic carbocycles. The van der Waals surface area contributed by atoms with Crippen LogP contribution in [0.1, 0.15) is 19.4 Å². The minimum atomic E-state index is -0.271. The second kappa shape index (κ2) is 3.49. The van der Waals surface area contributed by atoms with E-state index in [4.69, 9.17) is 6.57 Å². The van der Waals surface area contributed by atoms with Crippen molar-refractivity contribution in [3.8, 4) is 5.75 Å². The van der Waals surface area contributed by atoms with Gasteiger partial charge in [0.1, 0.15) is 5.75 Å². The summed E-state index contributed by atoms with van der Waals surface area (Å²) < 4.78 is 0. The topological polar surface area (TPSA) is 24.6 Å². The predicted octanol–water partition coefficient (Wildman–Crippen LogP) is 2.59. The molecule has 2 nitrogen and oxygen atoms in total. The van der Waals surface area contributed by atoms with Crippen LogP contribution in [-0.2, 0) is 5.41 Å². The molecule has 2 heteroatoms. The zero-order chi connectivity index (χ0) is 9.90. The van der Waals surface area contributed by atoms with Gasteiger partial charge in [0.05, 0.1) is 5.41 Å². The van der Waals surface area contributed by atoms with E-state index in [0.29, 0.717) is 6.54 Å². The molecule has 0 unspecified atom stereocenters. The smallest absolute Gasteiger partial charge is 0.223 e. The first-order valence-corrected chi connectivity index (χ1v) is 4.19. The van der Waals surface area contributed by atoms with Gasteiger partial charge in [-0.25, -0.2) is 6.57 Å². The molecule has 0 saturated heterocycles. The highest BCUT2D eigenvalue weighted by molar-refractivity contribution is 5.38. The van der Waals surface area contributed by atoms with E-state index in [2.05, 4.69) is 4.85 Å². The average molecular weight is 175 g/mol. The largest absolute Gasteiger partial charge is 0.508 e. The Morgan fingerprint density at radius 1 is 1.38 bits per heavy atom. The van der Waals surface area contributed by atoms with Crippen molar-refractivity contribution in [2.24, 2.45) is 0 Å². The summed E-state index contributed by atoms with van der Waals surface area (Å²) in [5.41, 5.74) is 0.568. The number of hydrogen-bond donors (Lipinski definition) is 1. The van der Waals surface area contributed by atoms with E-state index >= 15 is 0 Å². The number of hydrogen-bond acceptors (Lipinski definition) is 1. The lowest BCUT2D eigenvalue weighted by molar-refractivity contribution is 0.444. The Bertz CT molecular complexity index is 336. The van der Waals surface area contributed by atoms with Gasteiger partial charge in [0, 0.05) is 5.56 Å². The standard InChI is InChI=1S/C11H13NO/c1-11(2,8-12-3)9-6-4-5-7-10(9)13/h4-7,13H,8H2,1-2H3. The van der Waals surface area contributed by atoms with Crippen LogP contribution in [-0.4, -0.2) is 11.7 Å². The van der Waals surface area contributed by atoms with E-state index in [9.17, 15) is 5.11 Å². The molecule has 1 N–H and O–H groups in total. The van der Waals surface area contributed by atoms with Crippen molar-refractivity contribution in [3.05, 3.63) is 41.2 Å². The van der Waals surface area contributed by atoms with Crippen molar-refractivity contribution in [1.29, 1.82) is 0 Å². The number of para-hydroxylation sites is 1. The molecule has 1 aromatic rings. The van der Waals surface area contributed by atoms with Crippen LogP contribution in [0, 0.1) is 6.57 Å². The monoisotopic (exact) mass is 175 g/mol. The van der Waals surface area contributed by atoms with Crippen molar-refractivity contribution in [3.63, 3.8) is 0 Å². The number of phenols is 1. The molecule has 0 fully saturated rings. The molecule has 68 valence electrons. The van der Waals surface area contributed by atoms with Crippen molar-refractivity contribution < 1.29 is 5.11 Å². The Hall–Kier alpha value is -1.49. The van der Waals surface area contributed by atoms with E-state index in [-0.39, 0.29) is 11.2 Å². The summed E-state index contributed by atoms with van der Waals surface area (Å²) in [6.07, 6.45) is 0. The SMILES string of the molecule is [C-]#[N+]CC(C)(C)c1ccccc1O. The molecule has 0 radical (unpaired) electrons. The minimum absolute atomic E-state index is 0.271. The van der Waals surface area contributed by atoms with Crippen LogP contribution in [0.15, 0.2) is 24.3 Å². The molecule has 0 atom stereocenters. The summed E-state index contributed by atoms with van der Waals surface area (Å²) in [5, 5.41) is 9.57. The molecule has 0 aromatic heterocycles. The van der Waals surface area contributed by atoms with Crippen molar-refractivity contribution in [1.82, 2.24) is 0 Å². The van der Waals surface area contributed by atoms with Gasteiger partial charge in [-0.3, -0.25) is 0 Å². The van der Waals surface area contributed by atoms with Crippen LogP contribution >= 0.6 is 0 Å². The minimum Gasteiger partial charge on any atom is -0.508 e. The zero-order valence-electron chi connectivity index (χ0n) is 7.91. The third-order valence-corrected chi connectivity index (χ3v) is 2.11. The third-order valence-electron chi connectivity index (χ3n) is 2.11. The van der Waals surface area contributed by atoms with E-state index in [1.807, 2.05) is 26.0 Å². The zero-order valence-corrected chi connectivity index (χ0v) is 7.91. The Labute approximate surface area is 78.7 Å². The summed E-state index contributed by atoms with van der Waals surface area (Å²) in [5.74, 6) is 0.274. The maximum atomic E-state index is 9.57. The van der Waals surface area contributed by atoms with E-state index in [0.717, 1.165) is 5.56 Å². The summed E-state index contributed by atoms with van der Waals surface area (Å²) in [4.78, 5) is 3.36. The fourth-order valence-electron chi connectivity index (χ4n) is 1.33. The van der Waals surface area contributed by atoms with Gasteiger partial charge in [-0.1, -0.05) is 18.2 Å². The van der Waals surface area contributed by atoms with Gasteiger partial charge in [-0.15, -0.1) is 0 Å². The van der Waals surface area contributed by atoms with Gasteiger partial charge in [-0.05, 0) is 19.9 Å². The van der Waals surface area contributed by atoms with Crippen LogP contribution in [0.4, 0.5) is 0 Å². The second-order valence-corrected chi connectivity index (χ2v) is 3.72. The lowest BCUT2D eigenvalue weighted by Gasteiger charge is -2.19. The second-order valence-electron chi connectivity index (χ2n) is 3.72. The Balaban J connectivity index is 3.08. The highest BCUT2D eigenvalue weighted by Gasteiger charge is 2.26. The fourth-order valence-corrected chi connectivity index (χ4v) is 1.33. The number of aromatic hydroxyl groups is 1. The first kappa shape index (κ1) is 9.60. The summed E-state index contributed by atoms with van der Waals surface area (Å²) in [7, 11) is 0. The van der Waals surface area contributed by atoms with Crippen LogP contribution in [0.2, 0.25) is 0 Å². The lowest BCUT2D eigenvalue weighted by atomic mass is 9.84. The quantitative estimate of drug-likeness (QED) is 0.686. The molecule has 0 aliphatic carbocycles. The maximum Gasteiger partial charge on any atom is 0.223 e. The van der Waals surface area contributed by atoms with Gasteiger partial charge in [0.15, 0.2) is 0 Å². The Morgan fingerprint density at radius 3 is 2.54 bits per heavy atom. The number of rotatable bonds is 2. The Morgan fingerprint density at radius 2 is 2.00 bits per heavy atom. The molecule has 1 rings (SSSR count). The first-order valence-electron chi connectivity index (χ1n) is 4.19. The van der Waals surface area contributed by atoms with Gasteiger partial charge >= 0.3 is 0 Å². The lowest BCUT2D eigenvalue weighted by Crippen LogP contribution is -2.20. The summed E-state index contributed by atoms with van der Waals surface area (Å²) in [6.45, 7) is 11.1. The van der Waals surface area contributed by atoms with E-state index < -0.39 is 0 Å². The van der Waals surface area contributed by atoms with Gasteiger partial charge in [0.25, 0.3) is 0 Å². The molecule has 0 spiro atoms. The fraction of sp³-hybridized carbons (Fsp3) is 0.364. The van der Waals surface area contributed by atoms with Crippen LogP contribution in [0.5, 0.6) is 5.75 Å². The normalized spacial score (nSPS) is 10.8. The maximum absolute atomic E-state index is 9.57. The average Bonchev–Trinajstić information content (AvgIpc) is 2.04. The van der Waals surface area contributed by atoms with E-state index in [1.165, 1.54) is 0 Å². The van der Waals surface area contributed by atoms with Crippen molar-refractivity contribution >= 4 is 0 Å². The molecule has 0 saturated carbocycles. The molecular formula is C11H13NO. The number of nitrogens with zero attached hydrogens (tertiary/aromatic N) is 1. The van der Waals surface area contributed by atoms with Crippen LogP contribution < -0.4 is 0 Å².